The van der Waals surface area contributed by atoms with Gasteiger partial charge in [0.05, 0.1) is 49.3 Å². The molecule has 0 saturated carbocycles. The highest BCUT2D eigenvalue weighted by Gasteiger charge is 2.69. The Bertz CT molecular complexity index is 3280. The number of fused-ring (bicyclic) bond motifs is 15. The molecule has 15 aliphatic heterocycles. The number of hydrogen-bond donors (Lipinski definition) is 1. The summed E-state index contributed by atoms with van der Waals surface area (Å²) in [6, 6.07) is 5.14. The fourth-order valence-corrected chi connectivity index (χ4v) is 24.7. The number of carbonyl (C=O) groups is 5. The van der Waals surface area contributed by atoms with Crippen molar-refractivity contribution < 1.29 is 74.4 Å². The molecule has 15 heterocycles. The lowest BCUT2D eigenvalue weighted by atomic mass is 9.77. The highest BCUT2D eigenvalue weighted by atomic mass is 127. The molecule has 0 amide bonds. The summed E-state index contributed by atoms with van der Waals surface area (Å²) in [5, 5.41) is 0. The van der Waals surface area contributed by atoms with Gasteiger partial charge in [-0.25, -0.2) is 24.0 Å². The van der Waals surface area contributed by atoms with Gasteiger partial charge in [-0.1, -0.05) is 50.6 Å². The van der Waals surface area contributed by atoms with Crippen LogP contribution in [0.5, 0.6) is 0 Å². The summed E-state index contributed by atoms with van der Waals surface area (Å²) in [5.41, 5.74) is 5.32. The van der Waals surface area contributed by atoms with Gasteiger partial charge >= 0.3 is 29.8 Å². The monoisotopic (exact) mass is 1620 g/mol. The van der Waals surface area contributed by atoms with Crippen molar-refractivity contribution in [3.63, 3.8) is 0 Å². The molecule has 0 aromatic carbocycles. The molecule has 496 valence electrons. The number of quaternary nitrogens is 1. The predicted octanol–water partition coefficient (Wildman–Crippen LogP) is 5.95. The number of nitrogens with zero attached hydrogens (tertiary/aromatic N) is 4. The third kappa shape index (κ3) is 9.88. The van der Waals surface area contributed by atoms with E-state index < -0.39 is 0 Å². The first kappa shape index (κ1) is 66.2. The lowest BCUT2D eigenvalue weighted by Crippen LogP contribution is -3.18. The highest BCUT2D eigenvalue weighted by Crippen LogP contribution is 2.60. The maximum Gasteiger partial charge on any atom is 0.332 e. The summed E-state index contributed by atoms with van der Waals surface area (Å²) in [6.07, 6.45) is 43.0. The van der Waals surface area contributed by atoms with Crippen LogP contribution >= 0.6 is 67.8 Å². The van der Waals surface area contributed by atoms with Gasteiger partial charge in [-0.15, -0.1) is 0 Å². The van der Waals surface area contributed by atoms with E-state index >= 15 is 0 Å². The van der Waals surface area contributed by atoms with Gasteiger partial charge in [0, 0.05) is 152 Å². The molecule has 3 unspecified atom stereocenters. The normalized spacial score (nSPS) is 43.6. The van der Waals surface area contributed by atoms with Crippen molar-refractivity contribution in [1.29, 1.82) is 0 Å². The molecule has 10 fully saturated rings. The van der Waals surface area contributed by atoms with Crippen LogP contribution in [0.3, 0.4) is 0 Å². The fourth-order valence-electron chi connectivity index (χ4n) is 21.6. The molecule has 20 aliphatic rings. The second-order valence-corrected chi connectivity index (χ2v) is 32.5. The van der Waals surface area contributed by atoms with Crippen molar-refractivity contribution in [3.8, 4) is 0 Å². The highest BCUT2D eigenvalue weighted by molar-refractivity contribution is 14.1. The van der Waals surface area contributed by atoms with Gasteiger partial charge in [0.25, 0.3) is 0 Å². The summed E-state index contributed by atoms with van der Waals surface area (Å²) in [4.78, 5) is 70.4. The van der Waals surface area contributed by atoms with Gasteiger partial charge in [-0.05, 0) is 177 Å². The molecular formula is C71H87ClI3N5O12. The van der Waals surface area contributed by atoms with Crippen LogP contribution in [0.2, 0.25) is 0 Å². The molecule has 0 aromatic heterocycles. The minimum absolute atomic E-state index is 0. The van der Waals surface area contributed by atoms with E-state index in [2.05, 4.69) is 145 Å². The summed E-state index contributed by atoms with van der Waals surface area (Å²) < 4.78 is 43.6. The molecule has 92 heavy (non-hydrogen) atoms. The number of ether oxygens (including phenoxy) is 7. The van der Waals surface area contributed by atoms with Crippen molar-refractivity contribution in [2.45, 2.75) is 256 Å². The number of nitrogens with one attached hydrogen (secondary N) is 1. The Kier molecular flexibility index (Phi) is 17.6. The quantitative estimate of drug-likeness (QED) is 0.199. The zero-order valence-electron chi connectivity index (χ0n) is 52.5. The van der Waals surface area contributed by atoms with E-state index in [0.29, 0.717) is 72.5 Å². The Labute approximate surface area is 588 Å². The second-order valence-electron chi connectivity index (χ2n) is 29.0. The number of piperidine rings is 3. The van der Waals surface area contributed by atoms with Crippen LogP contribution in [0.1, 0.15) is 144 Å². The summed E-state index contributed by atoms with van der Waals surface area (Å²) in [5.74, 6) is -0.759. The Balaban J connectivity index is 0.0000000995. The van der Waals surface area contributed by atoms with Crippen LogP contribution in [0, 0.1) is 0 Å². The molecule has 5 aliphatic carbocycles. The third-order valence-corrected chi connectivity index (χ3v) is 27.9. The Morgan fingerprint density at radius 3 is 1.54 bits per heavy atom. The molecule has 20 atom stereocenters. The molecule has 0 radical (unpaired) electrons. The van der Waals surface area contributed by atoms with E-state index in [0.717, 1.165) is 93.2 Å². The van der Waals surface area contributed by atoms with Gasteiger partial charge in [0.2, 0.25) is 0 Å². The van der Waals surface area contributed by atoms with Crippen molar-refractivity contribution in [1.82, 2.24) is 19.6 Å². The van der Waals surface area contributed by atoms with E-state index in [1.54, 1.807) is 49.5 Å². The van der Waals surface area contributed by atoms with Gasteiger partial charge < -0.3 is 50.5 Å². The van der Waals surface area contributed by atoms with Crippen LogP contribution in [0.15, 0.2) is 111 Å². The number of carbonyl (C=O) groups excluding carboxylic acids is 5. The maximum atomic E-state index is 11.8. The SMILES string of the molecule is C.CC1=C[C@@H]2C[C@@]3(OC(=O)C=C13)[C@H]1CCCCN21.COC(C)[C@H]1CC[C@H]2N1[C@@H]1C=C(I)C3=CC(=O)O[C@@]32C1.COC(C)[C@H]1CC[C@H]2N1[C@@H]1C=CC3=CC(=O)O[C@@]32C1.O=C1C=C2C(I)=C[C@@H]3C[C@@]2(O1)[C@H]1CCCCN31.O=C1C=C2C(I)=C[C@@H]3C[C@@]2(O1)[C@H]1CCCC[NH+]31.[Cl-]. The molecule has 0 aromatic rings. The van der Waals surface area contributed by atoms with Crippen molar-refractivity contribution >= 4 is 97.6 Å². The Hall–Kier alpha value is -3.05. The van der Waals surface area contributed by atoms with Gasteiger partial charge in [0.15, 0.2) is 28.0 Å². The Morgan fingerprint density at radius 2 is 0.946 bits per heavy atom. The number of hydrogen-bond acceptors (Lipinski definition) is 16. The van der Waals surface area contributed by atoms with Crippen molar-refractivity contribution in [2.75, 3.05) is 33.9 Å². The van der Waals surface area contributed by atoms with E-state index in [-0.39, 0.29) is 89.9 Å². The van der Waals surface area contributed by atoms with Crippen LogP contribution in [0.25, 0.3) is 0 Å². The minimum Gasteiger partial charge on any atom is -1.00 e. The zero-order valence-corrected chi connectivity index (χ0v) is 59.7. The lowest BCUT2D eigenvalue weighted by molar-refractivity contribution is -0.937. The molecule has 1 N–H and O–H groups in total. The fraction of sp³-hybridized carbons (Fsp3) is 0.648. The van der Waals surface area contributed by atoms with Crippen LogP contribution in [-0.4, -0.2) is 196 Å². The number of methoxy groups -OCH3 is 2. The molecule has 21 heteroatoms. The minimum atomic E-state index is -0.380. The van der Waals surface area contributed by atoms with E-state index in [9.17, 15) is 24.0 Å². The largest absolute Gasteiger partial charge is 1.00 e. The first-order valence-electron chi connectivity index (χ1n) is 33.6. The van der Waals surface area contributed by atoms with Crippen molar-refractivity contribution in [2.24, 2.45) is 0 Å². The summed E-state index contributed by atoms with van der Waals surface area (Å²) in [7, 11) is 3.55. The van der Waals surface area contributed by atoms with Gasteiger partial charge in [-0.2, -0.15) is 0 Å². The molecular weight excluding hydrogens is 1530 g/mol. The first-order valence-corrected chi connectivity index (χ1v) is 36.8. The second kappa shape index (κ2) is 24.4. The average molecular weight is 1620 g/mol. The summed E-state index contributed by atoms with van der Waals surface area (Å²) >= 11 is 7.07. The first-order chi connectivity index (χ1) is 43.3. The third-order valence-electron chi connectivity index (χ3n) is 25.1. The van der Waals surface area contributed by atoms with Gasteiger partial charge in [0.1, 0.15) is 12.1 Å². The smallest absolute Gasteiger partial charge is 0.332 e. The average Bonchev–Trinajstić information content (AvgIpc) is 1.57. The lowest BCUT2D eigenvalue weighted by Gasteiger charge is -2.38. The van der Waals surface area contributed by atoms with Crippen LogP contribution in [-0.2, 0) is 57.1 Å². The van der Waals surface area contributed by atoms with Gasteiger partial charge in [-0.3, -0.25) is 19.6 Å². The van der Waals surface area contributed by atoms with E-state index in [1.165, 1.54) is 86.2 Å². The standard InChI is InChI=1S/C15H18INO3.C15H19NO3.C14H17NO2.2C13H14INO2.CH4.ClH/c1-8(19-2)12-3-4-13-15-7-9(17(12)13)5-11(16)10(15)6-14(18)20-15;1-9(18-2)12-5-6-13-15-8-11(16(12)13)4-3-10(15)7-14(17)19-15;1-9-6-10-8-14(11(9)7-13(16)17-14)12-4-2-3-5-15(10)12;2*14-10-5-8-7-13(9(10)6-12(16)17-13)11-3-1-2-4-15(8)11;;/h5-6,8-9,12-13H,3-4,7H2,1-2H3;3-4,7,9,11-13H,5-6,8H2,1-2H3;6-7,10,12H,2-5,8H2,1H3;2*5-6,8,11H,1-4,7H2;1H4;1H/t8?,9-,12-,13-,15+;9?,11-,12-,13-,15+;10-,12-,14+;2*8-,11-,13+;;/m11111../s1. The zero-order chi connectivity index (χ0) is 62.1. The molecule has 10 bridgehead atoms. The topological polar surface area (TPSA) is 167 Å². The molecule has 5 spiro atoms. The van der Waals surface area contributed by atoms with E-state index in [1.807, 2.05) is 0 Å². The molecule has 10 saturated heterocycles. The Morgan fingerprint density at radius 1 is 0.500 bits per heavy atom. The maximum absolute atomic E-state index is 11.8. The predicted molar refractivity (Wildman–Crippen MR) is 365 cm³/mol. The van der Waals surface area contributed by atoms with Crippen LogP contribution in [0.4, 0.5) is 0 Å². The number of rotatable bonds is 4. The van der Waals surface area contributed by atoms with Crippen molar-refractivity contribution in [3.05, 3.63) is 111 Å². The van der Waals surface area contributed by atoms with E-state index in [4.69, 9.17) is 33.2 Å². The van der Waals surface area contributed by atoms with Crippen LogP contribution < -0.4 is 17.3 Å². The number of esters is 5. The number of halogens is 4. The molecule has 20 rings (SSSR count). The molecule has 17 nitrogen and oxygen atoms in total. The summed E-state index contributed by atoms with van der Waals surface area (Å²) in [6.45, 7) is 9.94.